The number of nitrogens with zero attached hydrogens (tertiary/aromatic N) is 2. The van der Waals surface area contributed by atoms with Gasteiger partial charge in [-0.3, -0.25) is 19.2 Å². The maximum atomic E-state index is 12.2. The van der Waals surface area contributed by atoms with Crippen LogP contribution >= 0.6 is 0 Å². The van der Waals surface area contributed by atoms with Crippen molar-refractivity contribution in [3.8, 4) is 5.75 Å². The third-order valence-electron chi connectivity index (χ3n) is 4.14. The van der Waals surface area contributed by atoms with Gasteiger partial charge in [0.15, 0.2) is 0 Å². The number of amides is 1. The summed E-state index contributed by atoms with van der Waals surface area (Å²) in [5.41, 5.74) is 0.903. The fraction of sp³-hybridized carbons (Fsp3) is 0.316. The molecule has 2 aromatic carbocycles. The number of nitro groups is 1. The van der Waals surface area contributed by atoms with Crippen molar-refractivity contribution in [2.45, 2.75) is 12.8 Å². The van der Waals surface area contributed by atoms with Gasteiger partial charge >= 0.3 is 0 Å². The Hall–Kier alpha value is -3.14. The van der Waals surface area contributed by atoms with Crippen LogP contribution < -0.4 is 14.4 Å². The monoisotopic (exact) mass is 421 g/mol. The van der Waals surface area contributed by atoms with Crippen molar-refractivity contribution in [3.05, 3.63) is 64.2 Å². The first-order chi connectivity index (χ1) is 13.7. The molecule has 1 amide bonds. The van der Waals surface area contributed by atoms with Crippen molar-refractivity contribution in [1.82, 2.24) is 5.32 Å². The maximum absolute atomic E-state index is 12.2. The minimum absolute atomic E-state index is 0.0649. The van der Waals surface area contributed by atoms with Crippen molar-refractivity contribution < 1.29 is 22.9 Å². The molecule has 0 aromatic heterocycles. The van der Waals surface area contributed by atoms with Crippen molar-refractivity contribution in [3.63, 3.8) is 0 Å². The molecule has 0 saturated carbocycles. The Labute approximate surface area is 169 Å². The molecule has 9 nitrogen and oxygen atoms in total. The van der Waals surface area contributed by atoms with Gasteiger partial charge < -0.3 is 10.1 Å². The quantitative estimate of drug-likeness (QED) is 0.357. The summed E-state index contributed by atoms with van der Waals surface area (Å²) < 4.78 is 30.1. The third kappa shape index (κ3) is 6.75. The normalized spacial score (nSPS) is 11.0. The number of hydrogen-bond acceptors (Lipinski definition) is 6. The molecule has 156 valence electrons. The molecule has 29 heavy (non-hydrogen) atoms. The van der Waals surface area contributed by atoms with Gasteiger partial charge in [-0.2, -0.15) is 0 Å². The minimum Gasteiger partial charge on any atom is -0.497 e. The summed E-state index contributed by atoms with van der Waals surface area (Å²) in [6, 6.07) is 12.8. The van der Waals surface area contributed by atoms with E-state index < -0.39 is 27.4 Å². The van der Waals surface area contributed by atoms with E-state index in [1.165, 1.54) is 18.2 Å². The van der Waals surface area contributed by atoms with Crippen LogP contribution in [0.5, 0.6) is 5.75 Å². The Morgan fingerprint density at radius 2 is 1.90 bits per heavy atom. The first-order valence-electron chi connectivity index (χ1n) is 8.82. The Bertz CT molecular complexity index is 960. The molecular weight excluding hydrogens is 398 g/mol. The number of carbonyl (C=O) groups is 1. The van der Waals surface area contributed by atoms with Crippen LogP contribution in [0.25, 0.3) is 0 Å². The number of aryl methyl sites for hydroxylation is 1. The standard InChI is InChI=1S/C19H23N3O6S/c1-28-18-10-8-15(9-11-18)5-4-12-20-19(23)14-21(29(2,26)27)16-6-3-7-17(13-16)22(24)25/h3,6-11,13H,4-5,12,14H2,1-2H3,(H,20,23). The molecule has 0 fully saturated rings. The summed E-state index contributed by atoms with van der Waals surface area (Å²) in [5.74, 6) is 0.278. The van der Waals surface area contributed by atoms with Crippen LogP contribution in [-0.2, 0) is 21.2 Å². The van der Waals surface area contributed by atoms with Crippen LogP contribution in [0.3, 0.4) is 0 Å². The number of methoxy groups -OCH3 is 1. The Balaban J connectivity index is 1.93. The van der Waals surface area contributed by atoms with Crippen LogP contribution in [0, 0.1) is 10.1 Å². The molecule has 0 spiro atoms. The number of nitrogens with one attached hydrogen (secondary N) is 1. The molecule has 0 aliphatic carbocycles. The van der Waals surface area contributed by atoms with Crippen LogP contribution in [0.4, 0.5) is 11.4 Å². The Morgan fingerprint density at radius 1 is 1.21 bits per heavy atom. The number of anilines is 1. The maximum Gasteiger partial charge on any atom is 0.271 e. The lowest BCUT2D eigenvalue weighted by Gasteiger charge is -2.21. The second-order valence-corrected chi connectivity index (χ2v) is 8.25. The number of benzene rings is 2. The predicted octanol–water partition coefficient (Wildman–Crippen LogP) is 2.12. The topological polar surface area (TPSA) is 119 Å². The third-order valence-corrected chi connectivity index (χ3v) is 5.28. The highest BCUT2D eigenvalue weighted by molar-refractivity contribution is 7.92. The number of nitro benzene ring substituents is 1. The molecule has 0 unspecified atom stereocenters. The lowest BCUT2D eigenvalue weighted by atomic mass is 10.1. The highest BCUT2D eigenvalue weighted by Crippen LogP contribution is 2.22. The van der Waals surface area contributed by atoms with Gasteiger partial charge in [0.1, 0.15) is 12.3 Å². The van der Waals surface area contributed by atoms with E-state index in [1.807, 2.05) is 24.3 Å². The molecule has 10 heteroatoms. The molecule has 0 radical (unpaired) electrons. The average molecular weight is 421 g/mol. The number of hydrogen-bond donors (Lipinski definition) is 1. The van der Waals surface area contributed by atoms with Crippen LogP contribution in [-0.4, -0.2) is 45.7 Å². The molecule has 2 rings (SSSR count). The number of non-ortho nitro benzene ring substituents is 1. The van der Waals surface area contributed by atoms with E-state index in [1.54, 1.807) is 7.11 Å². The predicted molar refractivity (Wildman–Crippen MR) is 110 cm³/mol. The largest absolute Gasteiger partial charge is 0.497 e. The van der Waals surface area contributed by atoms with E-state index in [0.29, 0.717) is 13.0 Å². The number of ether oxygens (including phenoxy) is 1. The van der Waals surface area contributed by atoms with Crippen molar-refractivity contribution in [2.75, 3.05) is 30.8 Å². The van der Waals surface area contributed by atoms with Gasteiger partial charge in [-0.1, -0.05) is 18.2 Å². The molecule has 0 heterocycles. The number of sulfonamides is 1. The fourth-order valence-corrected chi connectivity index (χ4v) is 3.51. The van der Waals surface area contributed by atoms with Gasteiger partial charge in [-0.15, -0.1) is 0 Å². The number of rotatable bonds is 10. The van der Waals surface area contributed by atoms with E-state index in [0.717, 1.165) is 34.4 Å². The summed E-state index contributed by atoms with van der Waals surface area (Å²) in [4.78, 5) is 22.5. The van der Waals surface area contributed by atoms with Crippen LogP contribution in [0.1, 0.15) is 12.0 Å². The summed E-state index contributed by atoms with van der Waals surface area (Å²) in [6.07, 6.45) is 2.36. The molecule has 0 saturated heterocycles. The van der Waals surface area contributed by atoms with Gasteiger partial charge in [0.2, 0.25) is 15.9 Å². The zero-order valence-electron chi connectivity index (χ0n) is 16.2. The van der Waals surface area contributed by atoms with Gasteiger partial charge in [0.25, 0.3) is 5.69 Å². The second kappa shape index (κ2) is 9.87. The molecule has 1 N–H and O–H groups in total. The summed E-state index contributed by atoms with van der Waals surface area (Å²) in [6.45, 7) is -0.0834. The van der Waals surface area contributed by atoms with E-state index >= 15 is 0 Å². The van der Waals surface area contributed by atoms with Gasteiger partial charge in [0, 0.05) is 18.7 Å². The highest BCUT2D eigenvalue weighted by atomic mass is 32.2. The summed E-state index contributed by atoms with van der Waals surface area (Å²) in [7, 11) is -2.20. The molecular formula is C19H23N3O6S. The van der Waals surface area contributed by atoms with E-state index in [4.69, 9.17) is 4.74 Å². The highest BCUT2D eigenvalue weighted by Gasteiger charge is 2.22. The zero-order valence-corrected chi connectivity index (χ0v) is 17.0. The van der Waals surface area contributed by atoms with Gasteiger partial charge in [-0.25, -0.2) is 8.42 Å². The fourth-order valence-electron chi connectivity index (χ4n) is 2.66. The lowest BCUT2D eigenvalue weighted by molar-refractivity contribution is -0.384. The van der Waals surface area contributed by atoms with Crippen LogP contribution in [0.15, 0.2) is 48.5 Å². The first kappa shape index (κ1) is 22.2. The Morgan fingerprint density at radius 3 is 2.48 bits per heavy atom. The van der Waals surface area contributed by atoms with E-state index in [-0.39, 0.29) is 11.4 Å². The molecule has 0 atom stereocenters. The summed E-state index contributed by atoms with van der Waals surface area (Å²) >= 11 is 0. The van der Waals surface area contributed by atoms with Gasteiger partial charge in [-0.05, 0) is 36.6 Å². The van der Waals surface area contributed by atoms with Crippen molar-refractivity contribution in [1.29, 1.82) is 0 Å². The smallest absolute Gasteiger partial charge is 0.271 e. The SMILES string of the molecule is COc1ccc(CCCNC(=O)CN(c2cccc([N+](=O)[O-])c2)S(C)(=O)=O)cc1. The second-order valence-electron chi connectivity index (χ2n) is 6.35. The van der Waals surface area contributed by atoms with Crippen LogP contribution in [0.2, 0.25) is 0 Å². The van der Waals surface area contributed by atoms with E-state index in [9.17, 15) is 23.3 Å². The zero-order chi connectivity index (χ0) is 21.4. The number of carbonyl (C=O) groups excluding carboxylic acids is 1. The first-order valence-corrected chi connectivity index (χ1v) is 10.7. The lowest BCUT2D eigenvalue weighted by Crippen LogP contribution is -2.40. The van der Waals surface area contributed by atoms with Gasteiger partial charge in [0.05, 0.1) is 24.0 Å². The average Bonchev–Trinajstić information content (AvgIpc) is 2.69. The molecule has 0 aliphatic heterocycles. The molecule has 0 bridgehead atoms. The summed E-state index contributed by atoms with van der Waals surface area (Å²) in [5, 5.41) is 13.6. The van der Waals surface area contributed by atoms with E-state index in [2.05, 4.69) is 5.32 Å². The van der Waals surface area contributed by atoms with Crippen molar-refractivity contribution >= 4 is 27.3 Å². The Kier molecular flexibility index (Phi) is 7.54. The molecule has 2 aromatic rings. The minimum atomic E-state index is -3.80. The van der Waals surface area contributed by atoms with Crippen molar-refractivity contribution in [2.24, 2.45) is 0 Å². The molecule has 0 aliphatic rings.